The zero-order valence-electron chi connectivity index (χ0n) is 11.6. The van der Waals surface area contributed by atoms with Crippen LogP contribution >= 0.6 is 11.6 Å². The average molecular weight is 270 g/mol. The Hall–Kier alpha value is -0.540. The molecule has 0 bridgehead atoms. The lowest BCUT2D eigenvalue weighted by atomic mass is 10.1. The van der Waals surface area contributed by atoms with Gasteiger partial charge in [0.2, 0.25) is 0 Å². The highest BCUT2D eigenvalue weighted by atomic mass is 35.5. The van der Waals surface area contributed by atoms with Gasteiger partial charge in [-0.25, -0.2) is 0 Å². The van der Waals surface area contributed by atoms with Crippen molar-refractivity contribution in [3.05, 3.63) is 16.9 Å². The Morgan fingerprint density at radius 3 is 2.78 bits per heavy atom. The van der Waals surface area contributed by atoms with Crippen LogP contribution in [0.1, 0.15) is 64.2 Å². The van der Waals surface area contributed by atoms with Gasteiger partial charge in [-0.05, 0) is 39.2 Å². The second-order valence-electron chi connectivity index (χ2n) is 5.60. The summed E-state index contributed by atoms with van der Waals surface area (Å²) in [6.45, 7) is 7.54. The van der Waals surface area contributed by atoms with Crippen LogP contribution in [0.15, 0.2) is 6.20 Å². The van der Waals surface area contributed by atoms with Crippen LogP contribution in [-0.2, 0) is 0 Å². The number of hydrogen-bond acceptors (Lipinski definition) is 2. The van der Waals surface area contributed by atoms with Gasteiger partial charge in [0.25, 0.3) is 0 Å². The van der Waals surface area contributed by atoms with Gasteiger partial charge >= 0.3 is 0 Å². The number of nitrogens with zero attached hydrogens (tertiary/aromatic N) is 2. The highest BCUT2D eigenvalue weighted by molar-refractivity contribution is 6.31. The topological polar surface area (TPSA) is 29.9 Å². The highest BCUT2D eigenvalue weighted by Crippen LogP contribution is 2.39. The summed E-state index contributed by atoms with van der Waals surface area (Å²) in [4.78, 5) is 0. The van der Waals surface area contributed by atoms with Crippen LogP contribution in [0.4, 0.5) is 0 Å². The van der Waals surface area contributed by atoms with Crippen molar-refractivity contribution in [3.8, 4) is 0 Å². The molecule has 1 aromatic heterocycles. The zero-order chi connectivity index (χ0) is 13.1. The van der Waals surface area contributed by atoms with Crippen LogP contribution < -0.4 is 5.32 Å². The van der Waals surface area contributed by atoms with Crippen molar-refractivity contribution in [2.75, 3.05) is 6.54 Å². The number of nitrogens with one attached hydrogen (secondary N) is 1. The van der Waals surface area contributed by atoms with Crippen LogP contribution in [0, 0.1) is 5.92 Å². The van der Waals surface area contributed by atoms with Crippen LogP contribution in [0.2, 0.25) is 5.02 Å². The molecule has 0 aromatic carbocycles. The summed E-state index contributed by atoms with van der Waals surface area (Å²) in [5.74, 6) is 0.880. The van der Waals surface area contributed by atoms with Gasteiger partial charge < -0.3 is 5.32 Å². The van der Waals surface area contributed by atoms with Gasteiger partial charge in [0.05, 0.1) is 23.0 Å². The maximum atomic E-state index is 6.34. The fourth-order valence-corrected chi connectivity index (χ4v) is 2.65. The smallest absolute Gasteiger partial charge is 0.0834 e. The molecule has 0 saturated heterocycles. The second kappa shape index (κ2) is 6.07. The van der Waals surface area contributed by atoms with Gasteiger partial charge in [-0.1, -0.05) is 31.4 Å². The van der Waals surface area contributed by atoms with Crippen LogP contribution in [0.25, 0.3) is 0 Å². The van der Waals surface area contributed by atoms with E-state index in [9.17, 15) is 0 Å². The molecule has 102 valence electrons. The molecule has 0 radical (unpaired) electrons. The van der Waals surface area contributed by atoms with Crippen molar-refractivity contribution in [1.29, 1.82) is 0 Å². The van der Waals surface area contributed by atoms with E-state index < -0.39 is 0 Å². The minimum Gasteiger partial charge on any atom is -0.309 e. The number of aromatic nitrogens is 2. The SMILES string of the molecule is CCCNC(CC1CC1)c1c(Cl)cnn1C(C)C. The normalized spacial score (nSPS) is 17.4. The number of rotatable bonds is 7. The molecule has 2 rings (SSSR count). The van der Waals surface area contributed by atoms with Crippen LogP contribution in [-0.4, -0.2) is 16.3 Å². The summed E-state index contributed by atoms with van der Waals surface area (Å²) >= 11 is 6.34. The van der Waals surface area contributed by atoms with Gasteiger partial charge in [0.15, 0.2) is 0 Å². The van der Waals surface area contributed by atoms with E-state index in [1.165, 1.54) is 25.0 Å². The molecule has 3 nitrogen and oxygen atoms in total. The van der Waals surface area contributed by atoms with Gasteiger partial charge in [0.1, 0.15) is 0 Å². The number of hydrogen-bond donors (Lipinski definition) is 1. The minimum atomic E-state index is 0.356. The molecule has 1 fully saturated rings. The lowest BCUT2D eigenvalue weighted by Crippen LogP contribution is -2.26. The van der Waals surface area contributed by atoms with E-state index >= 15 is 0 Å². The monoisotopic (exact) mass is 269 g/mol. The fraction of sp³-hybridized carbons (Fsp3) is 0.786. The Labute approximate surface area is 115 Å². The molecule has 1 aliphatic rings. The van der Waals surface area contributed by atoms with E-state index in [1.807, 2.05) is 0 Å². The van der Waals surface area contributed by atoms with Crippen molar-refractivity contribution in [2.45, 2.75) is 58.5 Å². The summed E-state index contributed by atoms with van der Waals surface area (Å²) in [5.41, 5.74) is 1.17. The molecule has 1 N–H and O–H groups in total. The maximum absolute atomic E-state index is 6.34. The first-order valence-electron chi connectivity index (χ1n) is 7.09. The summed E-state index contributed by atoms with van der Waals surface area (Å²) in [5, 5.41) is 8.85. The van der Waals surface area contributed by atoms with E-state index in [2.05, 4.69) is 35.9 Å². The molecular formula is C14H24ClN3. The van der Waals surface area contributed by atoms with Gasteiger partial charge in [-0.15, -0.1) is 0 Å². The quantitative estimate of drug-likeness (QED) is 0.812. The van der Waals surface area contributed by atoms with E-state index in [-0.39, 0.29) is 0 Å². The first-order chi connectivity index (χ1) is 8.63. The van der Waals surface area contributed by atoms with Crippen molar-refractivity contribution < 1.29 is 0 Å². The standard InChI is InChI=1S/C14H24ClN3/c1-4-7-16-13(8-11-5-6-11)14-12(15)9-17-18(14)10(2)3/h9-11,13,16H,4-8H2,1-3H3. The summed E-state index contributed by atoms with van der Waals surface area (Å²) in [6.07, 6.45) is 6.87. The van der Waals surface area contributed by atoms with Crippen molar-refractivity contribution in [1.82, 2.24) is 15.1 Å². The molecule has 1 unspecified atom stereocenters. The third-order valence-corrected chi connectivity index (χ3v) is 3.80. The predicted molar refractivity (Wildman–Crippen MR) is 76.0 cm³/mol. The average Bonchev–Trinajstić information content (AvgIpc) is 3.06. The van der Waals surface area contributed by atoms with Crippen molar-refractivity contribution >= 4 is 11.6 Å². The first kappa shape index (κ1) is 13.9. The van der Waals surface area contributed by atoms with Gasteiger partial charge in [-0.3, -0.25) is 4.68 Å². The van der Waals surface area contributed by atoms with Crippen LogP contribution in [0.5, 0.6) is 0 Å². The molecule has 1 atom stereocenters. The molecule has 1 aliphatic carbocycles. The van der Waals surface area contributed by atoms with Gasteiger partial charge in [-0.2, -0.15) is 5.10 Å². The molecule has 1 heterocycles. The Bertz CT molecular complexity index is 382. The summed E-state index contributed by atoms with van der Waals surface area (Å²) in [6, 6.07) is 0.715. The Kier molecular flexibility index (Phi) is 4.68. The van der Waals surface area contributed by atoms with Crippen molar-refractivity contribution in [3.63, 3.8) is 0 Å². The molecule has 0 amide bonds. The largest absolute Gasteiger partial charge is 0.309 e. The van der Waals surface area contributed by atoms with E-state index in [0.29, 0.717) is 12.1 Å². The second-order valence-corrected chi connectivity index (χ2v) is 6.01. The summed E-state index contributed by atoms with van der Waals surface area (Å²) < 4.78 is 2.07. The fourth-order valence-electron chi connectivity index (χ4n) is 2.39. The molecule has 0 spiro atoms. The lowest BCUT2D eigenvalue weighted by Gasteiger charge is -2.22. The highest BCUT2D eigenvalue weighted by Gasteiger charge is 2.29. The molecule has 0 aliphatic heterocycles. The molecule has 1 saturated carbocycles. The van der Waals surface area contributed by atoms with Gasteiger partial charge in [0, 0.05) is 6.04 Å². The maximum Gasteiger partial charge on any atom is 0.0834 e. The Morgan fingerprint density at radius 1 is 1.50 bits per heavy atom. The zero-order valence-corrected chi connectivity index (χ0v) is 12.4. The Balaban J connectivity index is 2.18. The molecule has 18 heavy (non-hydrogen) atoms. The number of halogens is 1. The molecule has 1 aromatic rings. The molecule has 4 heteroatoms. The lowest BCUT2D eigenvalue weighted by molar-refractivity contribution is 0.414. The van der Waals surface area contributed by atoms with Crippen LogP contribution in [0.3, 0.4) is 0 Å². The third kappa shape index (κ3) is 3.27. The minimum absolute atomic E-state index is 0.356. The first-order valence-corrected chi connectivity index (χ1v) is 7.47. The third-order valence-electron chi connectivity index (χ3n) is 3.51. The van der Waals surface area contributed by atoms with E-state index in [0.717, 1.165) is 23.9 Å². The Morgan fingerprint density at radius 2 is 2.22 bits per heavy atom. The summed E-state index contributed by atoms with van der Waals surface area (Å²) in [7, 11) is 0. The predicted octanol–water partition coefficient (Wildman–Crippen LogP) is 3.96. The van der Waals surface area contributed by atoms with E-state index in [4.69, 9.17) is 11.6 Å². The van der Waals surface area contributed by atoms with Crippen molar-refractivity contribution in [2.24, 2.45) is 5.92 Å². The van der Waals surface area contributed by atoms with E-state index in [1.54, 1.807) is 6.20 Å². The molecular weight excluding hydrogens is 246 g/mol.